The van der Waals surface area contributed by atoms with Crippen molar-refractivity contribution in [2.45, 2.75) is 13.0 Å². The molecule has 1 aliphatic rings. The van der Waals surface area contributed by atoms with Crippen molar-refractivity contribution in [2.24, 2.45) is 0 Å². The molecule has 3 aromatic heterocycles. The molecule has 7 rings (SSSR count). The third kappa shape index (κ3) is 3.98. The first-order valence-corrected chi connectivity index (χ1v) is 13.1. The number of piperazine rings is 1. The number of anilines is 1. The Morgan fingerprint density at radius 3 is 2.53 bits per heavy atom. The number of likely N-dealkylation sites (N-methyl/N-ethyl adjacent to an activating group) is 1. The molecule has 190 valence electrons. The number of nitrogen functional groups attached to an aromatic ring is 1. The third-order valence-electron chi connectivity index (χ3n) is 7.68. The molecule has 0 aliphatic carbocycles. The van der Waals surface area contributed by atoms with E-state index in [1.807, 2.05) is 24.4 Å². The molecule has 0 saturated carbocycles. The van der Waals surface area contributed by atoms with Gasteiger partial charge in [0.05, 0.1) is 17.6 Å². The van der Waals surface area contributed by atoms with E-state index in [1.165, 1.54) is 10.9 Å². The Bertz CT molecular complexity index is 1740. The van der Waals surface area contributed by atoms with Crippen LogP contribution in [0.3, 0.4) is 0 Å². The molecule has 4 heterocycles. The lowest BCUT2D eigenvalue weighted by Gasteiger charge is -2.31. The second kappa shape index (κ2) is 9.24. The van der Waals surface area contributed by atoms with Crippen molar-refractivity contribution >= 4 is 33.1 Å². The number of rotatable bonds is 5. The molecule has 6 aromatic rings. The van der Waals surface area contributed by atoms with Crippen LogP contribution in [-0.2, 0) is 13.0 Å². The number of imidazole rings is 2. The lowest BCUT2D eigenvalue weighted by atomic mass is 9.96. The summed E-state index contributed by atoms with van der Waals surface area (Å²) >= 11 is 0. The van der Waals surface area contributed by atoms with Crippen LogP contribution in [0.2, 0.25) is 0 Å². The van der Waals surface area contributed by atoms with Crippen molar-refractivity contribution in [3.63, 3.8) is 0 Å². The number of hydrogen-bond donors (Lipinski definition) is 2. The average molecular weight is 503 g/mol. The Balaban J connectivity index is 1.32. The predicted octanol–water partition coefficient (Wildman–Crippen LogP) is 4.35. The van der Waals surface area contributed by atoms with E-state index in [-0.39, 0.29) is 0 Å². The van der Waals surface area contributed by atoms with Crippen molar-refractivity contribution in [3.05, 3.63) is 90.3 Å². The second-order valence-electron chi connectivity index (χ2n) is 10.2. The molecule has 0 unspecified atom stereocenters. The number of aromatic nitrogens is 5. The predicted molar refractivity (Wildman–Crippen MR) is 152 cm³/mol. The molecular weight excluding hydrogens is 472 g/mol. The number of nitrogens with two attached hydrogens (primary N) is 1. The van der Waals surface area contributed by atoms with Gasteiger partial charge in [0.25, 0.3) is 0 Å². The molecule has 0 bridgehead atoms. The summed E-state index contributed by atoms with van der Waals surface area (Å²) in [4.78, 5) is 22.7. The molecule has 3 aromatic carbocycles. The van der Waals surface area contributed by atoms with Gasteiger partial charge in [0.1, 0.15) is 28.7 Å². The van der Waals surface area contributed by atoms with Crippen LogP contribution in [0.1, 0.15) is 17.2 Å². The Kier molecular flexibility index (Phi) is 5.56. The maximum absolute atomic E-state index is 6.47. The highest BCUT2D eigenvalue weighted by Gasteiger charge is 2.22. The van der Waals surface area contributed by atoms with Crippen LogP contribution < -0.4 is 5.73 Å². The normalized spacial score (nSPS) is 15.2. The fourth-order valence-corrected chi connectivity index (χ4v) is 5.62. The zero-order valence-corrected chi connectivity index (χ0v) is 21.4. The van der Waals surface area contributed by atoms with Gasteiger partial charge >= 0.3 is 0 Å². The van der Waals surface area contributed by atoms with Crippen LogP contribution in [0, 0.1) is 0 Å². The first kappa shape index (κ1) is 22.9. The molecule has 3 N–H and O–H groups in total. The number of para-hydroxylation sites is 2. The third-order valence-corrected chi connectivity index (χ3v) is 7.68. The van der Waals surface area contributed by atoms with E-state index in [1.54, 1.807) is 6.20 Å². The first-order chi connectivity index (χ1) is 18.6. The summed E-state index contributed by atoms with van der Waals surface area (Å²) in [6, 6.07) is 21.1. The maximum Gasteiger partial charge on any atom is 0.150 e. The number of fused-ring (bicyclic) bond motifs is 3. The van der Waals surface area contributed by atoms with E-state index < -0.39 is 0 Å². The Morgan fingerprint density at radius 2 is 1.68 bits per heavy atom. The number of nitrogens with zero attached hydrogens (tertiary/aromatic N) is 6. The van der Waals surface area contributed by atoms with Gasteiger partial charge in [-0.05, 0) is 35.5 Å². The van der Waals surface area contributed by atoms with Crippen LogP contribution in [0.4, 0.5) is 5.82 Å². The summed E-state index contributed by atoms with van der Waals surface area (Å²) in [6.45, 7) is 4.97. The van der Waals surface area contributed by atoms with Crippen LogP contribution in [-0.4, -0.2) is 67.4 Å². The lowest BCUT2D eigenvalue weighted by Crippen LogP contribution is -2.44. The van der Waals surface area contributed by atoms with Crippen molar-refractivity contribution < 1.29 is 0 Å². The van der Waals surface area contributed by atoms with E-state index in [2.05, 4.69) is 73.7 Å². The summed E-state index contributed by atoms with van der Waals surface area (Å²) in [7, 11) is 2.18. The Hall–Kier alpha value is -4.27. The molecule has 0 amide bonds. The van der Waals surface area contributed by atoms with Gasteiger partial charge in [-0.15, -0.1) is 0 Å². The van der Waals surface area contributed by atoms with Gasteiger partial charge in [-0.3, -0.25) is 9.30 Å². The molecule has 8 heteroatoms. The minimum Gasteiger partial charge on any atom is -0.382 e. The van der Waals surface area contributed by atoms with Crippen LogP contribution >= 0.6 is 0 Å². The lowest BCUT2D eigenvalue weighted by molar-refractivity contribution is 0.145. The van der Waals surface area contributed by atoms with Crippen molar-refractivity contribution in [3.8, 4) is 11.3 Å². The smallest absolute Gasteiger partial charge is 0.150 e. The van der Waals surface area contributed by atoms with Crippen LogP contribution in [0.25, 0.3) is 38.6 Å². The highest BCUT2D eigenvalue weighted by atomic mass is 15.3. The van der Waals surface area contributed by atoms with E-state index in [0.29, 0.717) is 5.82 Å². The largest absolute Gasteiger partial charge is 0.382 e. The molecule has 1 aliphatic heterocycles. The van der Waals surface area contributed by atoms with Crippen LogP contribution in [0.5, 0.6) is 0 Å². The summed E-state index contributed by atoms with van der Waals surface area (Å²) in [5, 5.41) is 2.34. The molecule has 1 saturated heterocycles. The van der Waals surface area contributed by atoms with E-state index in [9.17, 15) is 0 Å². The monoisotopic (exact) mass is 502 g/mol. The summed E-state index contributed by atoms with van der Waals surface area (Å²) < 4.78 is 2.12. The summed E-state index contributed by atoms with van der Waals surface area (Å²) in [5.41, 5.74) is 12.5. The number of hydrogen-bond acceptors (Lipinski definition) is 6. The fourth-order valence-electron chi connectivity index (χ4n) is 5.62. The van der Waals surface area contributed by atoms with Gasteiger partial charge in [-0.1, -0.05) is 48.5 Å². The number of aromatic amines is 1. The minimum absolute atomic E-state index is 0.495. The summed E-state index contributed by atoms with van der Waals surface area (Å²) in [6.07, 6.45) is 4.46. The second-order valence-corrected chi connectivity index (χ2v) is 10.2. The van der Waals surface area contributed by atoms with Gasteiger partial charge in [-0.2, -0.15) is 0 Å². The van der Waals surface area contributed by atoms with E-state index in [4.69, 9.17) is 15.7 Å². The highest BCUT2D eigenvalue weighted by molar-refractivity contribution is 6.02. The minimum atomic E-state index is 0.495. The zero-order chi connectivity index (χ0) is 25.6. The molecular formula is C30H30N8. The molecule has 0 spiro atoms. The fraction of sp³-hybridized carbons (Fsp3) is 0.233. The van der Waals surface area contributed by atoms with Gasteiger partial charge in [0, 0.05) is 50.6 Å². The summed E-state index contributed by atoms with van der Waals surface area (Å²) in [5.74, 6) is 2.44. The molecule has 0 atom stereocenters. The molecule has 8 nitrogen and oxygen atoms in total. The van der Waals surface area contributed by atoms with Gasteiger partial charge in [0.15, 0.2) is 0 Å². The number of benzene rings is 3. The quantitative estimate of drug-likeness (QED) is 0.364. The van der Waals surface area contributed by atoms with Gasteiger partial charge < -0.3 is 15.6 Å². The van der Waals surface area contributed by atoms with Crippen molar-refractivity contribution in [1.29, 1.82) is 0 Å². The van der Waals surface area contributed by atoms with Crippen molar-refractivity contribution in [1.82, 2.24) is 34.1 Å². The highest BCUT2D eigenvalue weighted by Crippen LogP contribution is 2.35. The first-order valence-electron chi connectivity index (χ1n) is 13.1. The van der Waals surface area contributed by atoms with Crippen LogP contribution in [0.15, 0.2) is 73.1 Å². The molecule has 1 fully saturated rings. The molecule has 38 heavy (non-hydrogen) atoms. The maximum atomic E-state index is 6.47. The average Bonchev–Trinajstić information content (AvgIpc) is 3.52. The zero-order valence-electron chi connectivity index (χ0n) is 21.4. The van der Waals surface area contributed by atoms with Crippen molar-refractivity contribution in [2.75, 3.05) is 39.0 Å². The number of nitrogens with one attached hydrogen (secondary N) is 1. The Morgan fingerprint density at radius 1 is 0.895 bits per heavy atom. The number of H-pyrrole nitrogens is 1. The topological polar surface area (TPSA) is 91.4 Å². The SMILES string of the molecule is CN1CCN(Cc2nc(-c3ccc(Cc4nc5ccccc5[nH]4)c4ccccc34)c3c(N)nccn23)CC1. The van der Waals surface area contributed by atoms with Gasteiger partial charge in [0.2, 0.25) is 0 Å². The Labute approximate surface area is 220 Å². The van der Waals surface area contributed by atoms with E-state index in [0.717, 1.165) is 84.0 Å². The standard InChI is InChI=1S/C30H30N8/c1-36-14-16-37(17-15-36)19-27-35-28(29-30(31)32-12-13-38(27)29)23-11-10-20(21-6-2-3-7-22(21)23)18-26-33-24-8-4-5-9-25(24)34-26/h2-13H,14-19H2,1H3,(H2,31,32)(H,33,34). The van der Waals surface area contributed by atoms with Gasteiger partial charge in [-0.25, -0.2) is 15.0 Å². The molecule has 0 radical (unpaired) electrons. The van der Waals surface area contributed by atoms with E-state index >= 15 is 0 Å².